The van der Waals surface area contributed by atoms with Crippen molar-refractivity contribution in [2.45, 2.75) is 18.9 Å². The van der Waals surface area contributed by atoms with Gasteiger partial charge in [0.25, 0.3) is 0 Å². The Kier molecular flexibility index (Phi) is 1.79. The number of hydrogen-bond acceptors (Lipinski definition) is 3. The molecule has 0 radical (unpaired) electrons. The van der Waals surface area contributed by atoms with Gasteiger partial charge in [0.2, 0.25) is 5.28 Å². The number of hydrogen-bond donors (Lipinski definition) is 2. The predicted molar refractivity (Wildman–Crippen MR) is 41.4 cm³/mol. The maximum atomic E-state index is 5.56. The number of nitrogens with zero attached hydrogens (tertiary/aromatic N) is 2. The Balaban J connectivity index is 2.15. The second kappa shape index (κ2) is 2.79. The second-order valence-electron chi connectivity index (χ2n) is 2.64. The molecule has 5 heteroatoms. The van der Waals surface area contributed by atoms with Gasteiger partial charge in [0.05, 0.1) is 6.04 Å². The molecule has 1 saturated heterocycles. The normalized spacial score (nSPS) is 24.3. The zero-order valence-electron chi connectivity index (χ0n) is 5.97. The SMILES string of the molecule is Clc1n[nH]c(C2CCCN2)n1. The van der Waals surface area contributed by atoms with Crippen LogP contribution < -0.4 is 5.32 Å². The highest BCUT2D eigenvalue weighted by Gasteiger charge is 2.19. The lowest BCUT2D eigenvalue weighted by Crippen LogP contribution is -2.14. The van der Waals surface area contributed by atoms with E-state index in [2.05, 4.69) is 20.5 Å². The average molecular weight is 173 g/mol. The number of H-pyrrole nitrogens is 1. The number of rotatable bonds is 1. The quantitative estimate of drug-likeness (QED) is 0.662. The Morgan fingerprint density at radius 2 is 2.45 bits per heavy atom. The summed E-state index contributed by atoms with van der Waals surface area (Å²) < 4.78 is 0. The van der Waals surface area contributed by atoms with E-state index < -0.39 is 0 Å². The van der Waals surface area contributed by atoms with Crippen LogP contribution in [0.4, 0.5) is 0 Å². The number of nitrogens with one attached hydrogen (secondary N) is 2. The van der Waals surface area contributed by atoms with Crippen molar-refractivity contribution < 1.29 is 0 Å². The molecular formula is C6H9ClN4. The van der Waals surface area contributed by atoms with Crippen LogP contribution in [0.5, 0.6) is 0 Å². The van der Waals surface area contributed by atoms with Crippen molar-refractivity contribution in [2.24, 2.45) is 0 Å². The molecule has 4 nitrogen and oxygen atoms in total. The molecule has 0 spiro atoms. The summed E-state index contributed by atoms with van der Waals surface area (Å²) in [6.07, 6.45) is 2.31. The predicted octanol–water partition coefficient (Wildman–Crippen LogP) is 0.883. The van der Waals surface area contributed by atoms with E-state index >= 15 is 0 Å². The standard InChI is InChI=1S/C6H9ClN4/c7-6-9-5(10-11-6)4-2-1-3-8-4/h4,8H,1-3H2,(H,9,10,11). The fraction of sp³-hybridized carbons (Fsp3) is 0.667. The lowest BCUT2D eigenvalue weighted by Gasteiger charge is -2.03. The molecular weight excluding hydrogens is 164 g/mol. The zero-order valence-corrected chi connectivity index (χ0v) is 6.73. The maximum absolute atomic E-state index is 5.56. The van der Waals surface area contributed by atoms with Crippen molar-refractivity contribution in [3.05, 3.63) is 11.1 Å². The van der Waals surface area contributed by atoms with Crippen LogP contribution in [0.25, 0.3) is 0 Å². The van der Waals surface area contributed by atoms with Crippen molar-refractivity contribution in [3.63, 3.8) is 0 Å². The van der Waals surface area contributed by atoms with E-state index in [4.69, 9.17) is 11.6 Å². The van der Waals surface area contributed by atoms with Crippen molar-refractivity contribution in [1.29, 1.82) is 0 Å². The molecule has 2 heterocycles. The summed E-state index contributed by atoms with van der Waals surface area (Å²) in [6, 6.07) is 0.329. The van der Waals surface area contributed by atoms with E-state index in [0.29, 0.717) is 11.3 Å². The van der Waals surface area contributed by atoms with Crippen LogP contribution in [-0.4, -0.2) is 21.7 Å². The summed E-state index contributed by atoms with van der Waals surface area (Å²) in [4.78, 5) is 4.03. The van der Waals surface area contributed by atoms with Gasteiger partial charge in [0, 0.05) is 0 Å². The van der Waals surface area contributed by atoms with Crippen LogP contribution in [0.2, 0.25) is 5.28 Å². The highest BCUT2D eigenvalue weighted by Crippen LogP contribution is 2.19. The Labute approximate surface area is 69.4 Å². The molecule has 0 amide bonds. The van der Waals surface area contributed by atoms with E-state index in [1.807, 2.05) is 0 Å². The summed E-state index contributed by atoms with van der Waals surface area (Å²) in [5, 5.41) is 10.1. The van der Waals surface area contributed by atoms with Crippen LogP contribution in [0, 0.1) is 0 Å². The van der Waals surface area contributed by atoms with Gasteiger partial charge >= 0.3 is 0 Å². The Bertz CT molecular complexity index is 240. The largest absolute Gasteiger partial charge is 0.307 e. The van der Waals surface area contributed by atoms with Gasteiger partial charge in [-0.1, -0.05) is 0 Å². The molecule has 1 aromatic rings. The molecule has 1 fully saturated rings. The molecule has 0 aliphatic carbocycles. The molecule has 0 aromatic carbocycles. The Hall–Kier alpha value is -0.610. The van der Waals surface area contributed by atoms with Gasteiger partial charge in [-0.15, -0.1) is 5.10 Å². The van der Waals surface area contributed by atoms with Gasteiger partial charge < -0.3 is 5.32 Å². The topological polar surface area (TPSA) is 53.6 Å². The minimum absolute atomic E-state index is 0.300. The second-order valence-corrected chi connectivity index (χ2v) is 2.98. The molecule has 60 valence electrons. The van der Waals surface area contributed by atoms with Crippen molar-refractivity contribution in [3.8, 4) is 0 Å². The van der Waals surface area contributed by atoms with E-state index in [9.17, 15) is 0 Å². The third kappa shape index (κ3) is 1.36. The number of aromatic nitrogens is 3. The first-order valence-corrected chi connectivity index (χ1v) is 4.05. The first-order chi connectivity index (χ1) is 5.36. The van der Waals surface area contributed by atoms with Gasteiger partial charge in [-0.3, -0.25) is 5.10 Å². The lowest BCUT2D eigenvalue weighted by atomic mass is 10.2. The summed E-state index contributed by atoms with van der Waals surface area (Å²) in [7, 11) is 0. The van der Waals surface area contributed by atoms with Crippen LogP contribution in [-0.2, 0) is 0 Å². The summed E-state index contributed by atoms with van der Waals surface area (Å²) in [5.41, 5.74) is 0. The molecule has 1 atom stereocenters. The highest BCUT2D eigenvalue weighted by molar-refractivity contribution is 6.28. The van der Waals surface area contributed by atoms with Crippen LogP contribution in [0.3, 0.4) is 0 Å². The first kappa shape index (κ1) is 7.06. The Morgan fingerprint density at radius 1 is 1.55 bits per heavy atom. The van der Waals surface area contributed by atoms with Gasteiger partial charge in [-0.05, 0) is 31.0 Å². The number of halogens is 1. The first-order valence-electron chi connectivity index (χ1n) is 3.67. The van der Waals surface area contributed by atoms with Gasteiger partial charge in [-0.25, -0.2) is 4.98 Å². The minimum Gasteiger partial charge on any atom is -0.307 e. The van der Waals surface area contributed by atoms with Crippen molar-refractivity contribution >= 4 is 11.6 Å². The van der Waals surface area contributed by atoms with Gasteiger partial charge in [0.1, 0.15) is 5.82 Å². The highest BCUT2D eigenvalue weighted by atomic mass is 35.5. The average Bonchev–Trinajstić information content (AvgIpc) is 2.55. The van der Waals surface area contributed by atoms with Crippen LogP contribution in [0.15, 0.2) is 0 Å². The molecule has 1 aromatic heterocycles. The molecule has 2 rings (SSSR count). The third-order valence-corrected chi connectivity index (χ3v) is 2.03. The van der Waals surface area contributed by atoms with Crippen molar-refractivity contribution in [2.75, 3.05) is 6.54 Å². The van der Waals surface area contributed by atoms with E-state index in [1.54, 1.807) is 0 Å². The smallest absolute Gasteiger partial charge is 0.242 e. The van der Waals surface area contributed by atoms with Crippen LogP contribution in [0.1, 0.15) is 24.7 Å². The molecule has 11 heavy (non-hydrogen) atoms. The molecule has 0 bridgehead atoms. The molecule has 2 N–H and O–H groups in total. The minimum atomic E-state index is 0.300. The molecule has 1 aliphatic heterocycles. The number of aromatic amines is 1. The third-order valence-electron chi connectivity index (χ3n) is 1.87. The van der Waals surface area contributed by atoms with Gasteiger partial charge in [-0.2, -0.15) is 0 Å². The monoisotopic (exact) mass is 172 g/mol. The van der Waals surface area contributed by atoms with E-state index in [0.717, 1.165) is 18.8 Å². The zero-order chi connectivity index (χ0) is 7.68. The van der Waals surface area contributed by atoms with Crippen LogP contribution >= 0.6 is 11.6 Å². The Morgan fingerprint density at radius 3 is 3.00 bits per heavy atom. The van der Waals surface area contributed by atoms with E-state index in [1.165, 1.54) is 6.42 Å². The summed E-state index contributed by atoms with van der Waals surface area (Å²) in [5.74, 6) is 0.854. The molecule has 1 aliphatic rings. The summed E-state index contributed by atoms with van der Waals surface area (Å²) >= 11 is 5.56. The fourth-order valence-corrected chi connectivity index (χ4v) is 1.46. The van der Waals surface area contributed by atoms with Gasteiger partial charge in [0.15, 0.2) is 0 Å². The fourth-order valence-electron chi connectivity index (χ4n) is 1.33. The van der Waals surface area contributed by atoms with E-state index in [-0.39, 0.29) is 0 Å². The summed E-state index contributed by atoms with van der Waals surface area (Å²) in [6.45, 7) is 1.06. The van der Waals surface area contributed by atoms with Crippen molar-refractivity contribution in [1.82, 2.24) is 20.5 Å². The lowest BCUT2D eigenvalue weighted by molar-refractivity contribution is 0.608. The molecule has 1 unspecified atom stereocenters. The molecule has 0 saturated carbocycles. The maximum Gasteiger partial charge on any atom is 0.242 e.